The van der Waals surface area contributed by atoms with Gasteiger partial charge in [0.15, 0.2) is 0 Å². The summed E-state index contributed by atoms with van der Waals surface area (Å²) < 4.78 is 0. The molecule has 3 rings (SSSR count). The second-order valence-electron chi connectivity index (χ2n) is 6.18. The van der Waals surface area contributed by atoms with Gasteiger partial charge in [-0.15, -0.1) is 0 Å². The first-order valence-corrected chi connectivity index (χ1v) is 8.36. The van der Waals surface area contributed by atoms with Crippen molar-refractivity contribution in [3.05, 3.63) is 60.2 Å². The van der Waals surface area contributed by atoms with Gasteiger partial charge in [0.1, 0.15) is 0 Å². The molecule has 0 aromatic heterocycles. The van der Waals surface area contributed by atoms with Crippen LogP contribution in [-0.4, -0.2) is 37.0 Å². The van der Waals surface area contributed by atoms with E-state index in [9.17, 15) is 4.79 Å². The van der Waals surface area contributed by atoms with E-state index in [-0.39, 0.29) is 5.91 Å². The summed E-state index contributed by atoms with van der Waals surface area (Å²) in [7, 11) is 1.95. The van der Waals surface area contributed by atoms with Crippen molar-refractivity contribution in [2.75, 3.05) is 20.1 Å². The summed E-state index contributed by atoms with van der Waals surface area (Å²) in [5, 5.41) is 3.19. The van der Waals surface area contributed by atoms with Crippen LogP contribution < -0.4 is 5.32 Å². The number of rotatable bonds is 5. The molecule has 3 heteroatoms. The van der Waals surface area contributed by atoms with Gasteiger partial charge in [-0.25, -0.2) is 0 Å². The monoisotopic (exact) mass is 308 g/mol. The second kappa shape index (κ2) is 7.42. The van der Waals surface area contributed by atoms with Crippen LogP contribution in [0.1, 0.15) is 18.4 Å². The van der Waals surface area contributed by atoms with Gasteiger partial charge in [0.2, 0.25) is 5.91 Å². The summed E-state index contributed by atoms with van der Waals surface area (Å²) in [5.41, 5.74) is 3.49. The highest BCUT2D eigenvalue weighted by Crippen LogP contribution is 2.21. The maximum absolute atomic E-state index is 12.6. The Labute approximate surface area is 138 Å². The van der Waals surface area contributed by atoms with Gasteiger partial charge in [-0.3, -0.25) is 4.79 Å². The minimum absolute atomic E-state index is 0.246. The predicted octanol–water partition coefficient (Wildman–Crippen LogP) is 3.11. The molecule has 0 radical (unpaired) electrons. The molecule has 0 aliphatic carbocycles. The van der Waals surface area contributed by atoms with Crippen LogP contribution in [0.2, 0.25) is 0 Å². The molecule has 1 saturated heterocycles. The first-order valence-electron chi connectivity index (χ1n) is 8.36. The number of amides is 1. The Kier molecular flexibility index (Phi) is 5.09. The third-order valence-electron chi connectivity index (χ3n) is 4.55. The Morgan fingerprint density at radius 3 is 2.48 bits per heavy atom. The Morgan fingerprint density at radius 2 is 1.78 bits per heavy atom. The molecule has 23 heavy (non-hydrogen) atoms. The fourth-order valence-corrected chi connectivity index (χ4v) is 3.33. The zero-order valence-corrected chi connectivity index (χ0v) is 13.7. The molecule has 2 aromatic rings. The van der Waals surface area contributed by atoms with Gasteiger partial charge in [-0.1, -0.05) is 54.6 Å². The summed E-state index contributed by atoms with van der Waals surface area (Å²) in [6.07, 6.45) is 2.72. The van der Waals surface area contributed by atoms with Gasteiger partial charge >= 0.3 is 0 Å². The maximum atomic E-state index is 12.6. The molecule has 0 bridgehead atoms. The summed E-state index contributed by atoms with van der Waals surface area (Å²) >= 11 is 0. The molecule has 1 N–H and O–H groups in total. The van der Waals surface area contributed by atoms with E-state index in [0.29, 0.717) is 12.5 Å². The van der Waals surface area contributed by atoms with E-state index in [1.165, 1.54) is 11.1 Å². The van der Waals surface area contributed by atoms with Crippen LogP contribution >= 0.6 is 0 Å². The van der Waals surface area contributed by atoms with E-state index in [0.717, 1.165) is 31.5 Å². The summed E-state index contributed by atoms with van der Waals surface area (Å²) in [4.78, 5) is 14.6. The Hall–Kier alpha value is -2.13. The van der Waals surface area contributed by atoms with Crippen LogP contribution in [0.5, 0.6) is 0 Å². The third-order valence-corrected chi connectivity index (χ3v) is 4.55. The van der Waals surface area contributed by atoms with E-state index in [1.807, 2.05) is 30.1 Å². The van der Waals surface area contributed by atoms with Gasteiger partial charge in [0, 0.05) is 19.1 Å². The number of hydrogen-bond acceptors (Lipinski definition) is 2. The van der Waals surface area contributed by atoms with Crippen LogP contribution in [0, 0.1) is 0 Å². The molecule has 1 aliphatic rings. The van der Waals surface area contributed by atoms with Gasteiger partial charge in [0.25, 0.3) is 0 Å². The van der Waals surface area contributed by atoms with Crippen molar-refractivity contribution in [1.82, 2.24) is 10.2 Å². The highest BCUT2D eigenvalue weighted by Gasteiger charge is 2.27. The van der Waals surface area contributed by atoms with Crippen molar-refractivity contribution >= 4 is 5.91 Å². The Bertz CT molecular complexity index is 636. The molecule has 1 unspecified atom stereocenters. The number of carbonyl (C=O) groups is 1. The molecule has 3 nitrogen and oxygen atoms in total. The van der Waals surface area contributed by atoms with Gasteiger partial charge in [0.05, 0.1) is 6.42 Å². The van der Waals surface area contributed by atoms with Crippen molar-refractivity contribution in [2.24, 2.45) is 0 Å². The third kappa shape index (κ3) is 3.80. The number of nitrogens with one attached hydrogen (secondary N) is 1. The molecular formula is C20H24N2O. The quantitative estimate of drug-likeness (QED) is 0.920. The lowest BCUT2D eigenvalue weighted by Crippen LogP contribution is -2.41. The fraction of sp³-hybridized carbons (Fsp3) is 0.350. The zero-order valence-electron chi connectivity index (χ0n) is 13.7. The number of likely N-dealkylation sites (tertiary alicyclic amines) is 1. The average Bonchev–Trinajstić information content (AvgIpc) is 3.05. The highest BCUT2D eigenvalue weighted by molar-refractivity contribution is 5.79. The fourth-order valence-electron chi connectivity index (χ4n) is 3.33. The number of benzene rings is 2. The lowest BCUT2D eigenvalue weighted by Gasteiger charge is -2.24. The van der Waals surface area contributed by atoms with Crippen LogP contribution in [0.3, 0.4) is 0 Å². The van der Waals surface area contributed by atoms with E-state index >= 15 is 0 Å². The first kappa shape index (κ1) is 15.8. The van der Waals surface area contributed by atoms with E-state index < -0.39 is 0 Å². The van der Waals surface area contributed by atoms with E-state index in [4.69, 9.17) is 0 Å². The Balaban J connectivity index is 1.65. The summed E-state index contributed by atoms with van der Waals surface area (Å²) in [6, 6.07) is 19.0. The molecule has 0 spiro atoms. The second-order valence-corrected chi connectivity index (χ2v) is 6.18. The number of carbonyl (C=O) groups excluding carboxylic acids is 1. The number of hydrogen-bond donors (Lipinski definition) is 1. The minimum atomic E-state index is 0.246. The highest BCUT2D eigenvalue weighted by atomic mass is 16.2. The molecular weight excluding hydrogens is 284 g/mol. The predicted molar refractivity (Wildman–Crippen MR) is 94.2 cm³/mol. The zero-order chi connectivity index (χ0) is 16.1. The minimum Gasteiger partial charge on any atom is -0.338 e. The molecule has 1 heterocycles. The molecule has 1 aliphatic heterocycles. The smallest absolute Gasteiger partial charge is 0.227 e. The van der Waals surface area contributed by atoms with Crippen molar-refractivity contribution in [2.45, 2.75) is 25.3 Å². The topological polar surface area (TPSA) is 32.3 Å². The van der Waals surface area contributed by atoms with Crippen LogP contribution in [0.4, 0.5) is 0 Å². The Morgan fingerprint density at radius 1 is 1.09 bits per heavy atom. The molecule has 1 amide bonds. The van der Waals surface area contributed by atoms with Gasteiger partial charge in [-0.2, -0.15) is 0 Å². The first-order chi connectivity index (χ1) is 11.3. The van der Waals surface area contributed by atoms with Gasteiger partial charge in [-0.05, 0) is 36.6 Å². The lowest BCUT2D eigenvalue weighted by atomic mass is 10.0. The number of likely N-dealkylation sites (N-methyl/N-ethyl adjacent to an activating group) is 1. The SMILES string of the molecule is CNCC1CCCN1C(=O)Cc1ccc(-c2ccccc2)cc1. The lowest BCUT2D eigenvalue weighted by molar-refractivity contribution is -0.131. The molecule has 1 atom stereocenters. The van der Waals surface area contributed by atoms with Crippen LogP contribution in [-0.2, 0) is 11.2 Å². The van der Waals surface area contributed by atoms with Crippen LogP contribution in [0.15, 0.2) is 54.6 Å². The largest absolute Gasteiger partial charge is 0.338 e. The van der Waals surface area contributed by atoms with E-state index in [1.54, 1.807) is 0 Å². The molecule has 2 aromatic carbocycles. The van der Waals surface area contributed by atoms with Crippen molar-refractivity contribution in [3.63, 3.8) is 0 Å². The normalized spacial score (nSPS) is 17.4. The molecule has 0 saturated carbocycles. The molecule has 1 fully saturated rings. The average molecular weight is 308 g/mol. The summed E-state index contributed by atoms with van der Waals surface area (Å²) in [6.45, 7) is 1.78. The van der Waals surface area contributed by atoms with E-state index in [2.05, 4.69) is 41.7 Å². The standard InChI is InChI=1S/C20H24N2O/c1-21-15-19-8-5-13-22(19)20(23)14-16-9-11-18(12-10-16)17-6-3-2-4-7-17/h2-4,6-7,9-12,19,21H,5,8,13-15H2,1H3. The summed E-state index contributed by atoms with van der Waals surface area (Å²) in [5.74, 6) is 0.246. The van der Waals surface area contributed by atoms with Crippen molar-refractivity contribution in [1.29, 1.82) is 0 Å². The number of nitrogens with zero attached hydrogens (tertiary/aromatic N) is 1. The van der Waals surface area contributed by atoms with Crippen LogP contribution in [0.25, 0.3) is 11.1 Å². The maximum Gasteiger partial charge on any atom is 0.227 e. The van der Waals surface area contributed by atoms with Crippen molar-refractivity contribution < 1.29 is 4.79 Å². The van der Waals surface area contributed by atoms with Gasteiger partial charge < -0.3 is 10.2 Å². The molecule has 120 valence electrons. The van der Waals surface area contributed by atoms with Crippen molar-refractivity contribution in [3.8, 4) is 11.1 Å².